The maximum absolute atomic E-state index is 12.6. The minimum atomic E-state index is -0.704. The molecule has 149 valence electrons. The van der Waals surface area contributed by atoms with Crippen LogP contribution < -0.4 is 10.6 Å². The van der Waals surface area contributed by atoms with E-state index in [2.05, 4.69) is 21.6 Å². The van der Waals surface area contributed by atoms with Crippen LogP contribution >= 0.6 is 0 Å². The number of nitrogens with zero attached hydrogens (tertiary/aromatic N) is 1. The van der Waals surface area contributed by atoms with Crippen LogP contribution in [-0.2, 0) is 22.6 Å². The van der Waals surface area contributed by atoms with Gasteiger partial charge in [0.25, 0.3) is 0 Å². The summed E-state index contributed by atoms with van der Waals surface area (Å²) >= 11 is 0. The molecule has 0 aliphatic carbocycles. The van der Waals surface area contributed by atoms with Gasteiger partial charge in [0.15, 0.2) is 0 Å². The number of benzene rings is 2. The van der Waals surface area contributed by atoms with Crippen molar-refractivity contribution in [2.24, 2.45) is 0 Å². The van der Waals surface area contributed by atoms with Gasteiger partial charge in [0.05, 0.1) is 0 Å². The van der Waals surface area contributed by atoms with Crippen molar-refractivity contribution in [1.29, 1.82) is 0 Å². The first-order valence-corrected chi connectivity index (χ1v) is 9.39. The molecular weight excluding hydrogens is 354 g/mol. The molecule has 2 aromatic rings. The lowest BCUT2D eigenvalue weighted by Crippen LogP contribution is -2.48. The number of amides is 2. The largest absolute Gasteiger partial charge is 0.445 e. The highest BCUT2D eigenvalue weighted by Gasteiger charge is 2.21. The number of rotatable bonds is 10. The smallest absolute Gasteiger partial charge is 0.408 e. The number of alkyl carbamates (subject to hydrolysis) is 1. The second kappa shape index (κ2) is 11.8. The maximum atomic E-state index is 12.6. The Labute approximate surface area is 166 Å². The van der Waals surface area contributed by atoms with Gasteiger partial charge in [-0.25, -0.2) is 4.79 Å². The van der Waals surface area contributed by atoms with E-state index in [1.807, 2.05) is 56.6 Å². The summed E-state index contributed by atoms with van der Waals surface area (Å²) in [4.78, 5) is 26.9. The van der Waals surface area contributed by atoms with Crippen LogP contribution in [0.5, 0.6) is 0 Å². The van der Waals surface area contributed by atoms with E-state index < -0.39 is 12.1 Å². The van der Waals surface area contributed by atoms with Crippen LogP contribution in [0.15, 0.2) is 54.6 Å². The SMILES string of the molecule is CN(C)CCCNC(=O)C(Cc1cc[c]cc1)NC(=O)OCc1ccccc1. The molecule has 28 heavy (non-hydrogen) atoms. The fourth-order valence-electron chi connectivity index (χ4n) is 2.64. The van der Waals surface area contributed by atoms with Gasteiger partial charge in [-0.3, -0.25) is 4.79 Å². The van der Waals surface area contributed by atoms with Gasteiger partial charge >= 0.3 is 6.09 Å². The average Bonchev–Trinajstić information content (AvgIpc) is 2.70. The number of hydrogen-bond donors (Lipinski definition) is 2. The summed E-state index contributed by atoms with van der Waals surface area (Å²) in [5.41, 5.74) is 1.83. The van der Waals surface area contributed by atoms with Crippen molar-refractivity contribution in [3.63, 3.8) is 0 Å². The predicted octanol–water partition coefficient (Wildman–Crippen LogP) is 2.39. The minimum absolute atomic E-state index is 0.157. The molecule has 2 amide bonds. The molecule has 2 N–H and O–H groups in total. The Kier molecular flexibility index (Phi) is 9.01. The van der Waals surface area contributed by atoms with Crippen molar-refractivity contribution in [2.75, 3.05) is 27.2 Å². The summed E-state index contributed by atoms with van der Waals surface area (Å²) in [6.07, 6.45) is 0.610. The van der Waals surface area contributed by atoms with Crippen LogP contribution in [0, 0.1) is 6.07 Å². The van der Waals surface area contributed by atoms with Crippen molar-refractivity contribution in [2.45, 2.75) is 25.5 Å². The molecular formula is C22H28N3O3. The van der Waals surface area contributed by atoms with E-state index in [4.69, 9.17) is 4.74 Å². The highest BCUT2D eigenvalue weighted by molar-refractivity contribution is 5.85. The lowest BCUT2D eigenvalue weighted by Gasteiger charge is -2.19. The molecule has 6 heteroatoms. The van der Waals surface area contributed by atoms with Gasteiger partial charge in [-0.1, -0.05) is 54.6 Å². The molecule has 2 rings (SSSR count). The van der Waals surface area contributed by atoms with Gasteiger partial charge in [0, 0.05) is 13.0 Å². The van der Waals surface area contributed by atoms with Gasteiger partial charge in [0.2, 0.25) is 5.91 Å². The van der Waals surface area contributed by atoms with Gasteiger partial charge in [-0.2, -0.15) is 0 Å². The highest BCUT2D eigenvalue weighted by Crippen LogP contribution is 2.05. The first-order valence-electron chi connectivity index (χ1n) is 9.39. The normalized spacial score (nSPS) is 11.7. The third-order valence-electron chi connectivity index (χ3n) is 4.13. The van der Waals surface area contributed by atoms with E-state index in [9.17, 15) is 9.59 Å². The molecule has 0 aliphatic heterocycles. The van der Waals surface area contributed by atoms with E-state index in [1.54, 1.807) is 12.1 Å². The molecule has 0 aliphatic rings. The zero-order chi connectivity index (χ0) is 20.2. The molecule has 0 aromatic heterocycles. The Morgan fingerprint density at radius 1 is 1.07 bits per heavy atom. The molecule has 0 saturated heterocycles. The molecule has 0 spiro atoms. The second-order valence-corrected chi connectivity index (χ2v) is 6.82. The highest BCUT2D eigenvalue weighted by atomic mass is 16.5. The van der Waals surface area contributed by atoms with E-state index in [-0.39, 0.29) is 12.5 Å². The van der Waals surface area contributed by atoms with Crippen molar-refractivity contribution >= 4 is 12.0 Å². The Morgan fingerprint density at radius 2 is 1.79 bits per heavy atom. The number of hydrogen-bond acceptors (Lipinski definition) is 4. The Bertz CT molecular complexity index is 720. The molecule has 1 radical (unpaired) electrons. The second-order valence-electron chi connectivity index (χ2n) is 6.82. The number of carbonyl (C=O) groups excluding carboxylic acids is 2. The monoisotopic (exact) mass is 382 g/mol. The molecule has 0 heterocycles. The Balaban J connectivity index is 1.90. The summed E-state index contributed by atoms with van der Waals surface area (Å²) < 4.78 is 5.26. The summed E-state index contributed by atoms with van der Waals surface area (Å²) in [5, 5.41) is 5.59. The van der Waals surface area contributed by atoms with Crippen LogP contribution in [-0.4, -0.2) is 50.1 Å². The number of carbonyl (C=O) groups is 2. The van der Waals surface area contributed by atoms with Crippen molar-refractivity contribution in [3.8, 4) is 0 Å². The van der Waals surface area contributed by atoms with Crippen LogP contribution in [0.25, 0.3) is 0 Å². The zero-order valence-corrected chi connectivity index (χ0v) is 16.5. The summed E-state index contributed by atoms with van der Waals surface area (Å²) in [6.45, 7) is 1.59. The van der Waals surface area contributed by atoms with Crippen LogP contribution in [0.3, 0.4) is 0 Å². The van der Waals surface area contributed by atoms with E-state index >= 15 is 0 Å². The standard InChI is InChI=1S/C22H28N3O3/c1-25(2)15-9-14-23-21(26)20(16-18-10-5-3-6-11-18)24-22(27)28-17-19-12-7-4-8-13-19/h4-8,10-13,20H,9,14-17H2,1-2H3,(H,23,26)(H,24,27). The fourth-order valence-corrected chi connectivity index (χ4v) is 2.64. The molecule has 0 bridgehead atoms. The van der Waals surface area contributed by atoms with Gasteiger partial charge in [0.1, 0.15) is 12.6 Å². The fraction of sp³-hybridized carbons (Fsp3) is 0.364. The van der Waals surface area contributed by atoms with E-state index in [0.717, 1.165) is 24.1 Å². The molecule has 6 nitrogen and oxygen atoms in total. The topological polar surface area (TPSA) is 70.7 Å². The lowest BCUT2D eigenvalue weighted by molar-refractivity contribution is -0.123. The average molecular weight is 382 g/mol. The van der Waals surface area contributed by atoms with Crippen LogP contribution in [0.1, 0.15) is 17.5 Å². The maximum Gasteiger partial charge on any atom is 0.408 e. The first-order chi connectivity index (χ1) is 13.5. The van der Waals surface area contributed by atoms with Gasteiger partial charge < -0.3 is 20.3 Å². The van der Waals surface area contributed by atoms with Crippen molar-refractivity contribution in [1.82, 2.24) is 15.5 Å². The van der Waals surface area contributed by atoms with E-state index in [1.165, 1.54) is 0 Å². The van der Waals surface area contributed by atoms with Gasteiger partial charge in [-0.15, -0.1) is 0 Å². The molecule has 0 saturated carbocycles. The Hall–Kier alpha value is -2.86. The summed E-state index contributed by atoms with van der Waals surface area (Å²) in [7, 11) is 3.97. The molecule has 1 unspecified atom stereocenters. The van der Waals surface area contributed by atoms with Gasteiger partial charge in [-0.05, 0) is 44.3 Å². The minimum Gasteiger partial charge on any atom is -0.445 e. The first kappa shape index (κ1) is 21.4. The molecule has 0 fully saturated rings. The number of ether oxygens (including phenoxy) is 1. The lowest BCUT2D eigenvalue weighted by atomic mass is 10.1. The summed E-state index contributed by atoms with van der Waals surface area (Å²) in [5.74, 6) is -0.219. The third-order valence-corrected chi connectivity index (χ3v) is 4.13. The predicted molar refractivity (Wildman–Crippen MR) is 109 cm³/mol. The van der Waals surface area contributed by atoms with E-state index in [0.29, 0.717) is 13.0 Å². The quantitative estimate of drug-likeness (QED) is 0.619. The summed E-state index contributed by atoms with van der Waals surface area (Å²) in [6, 6.07) is 19.0. The zero-order valence-electron chi connectivity index (χ0n) is 16.5. The molecule has 1 atom stereocenters. The van der Waals surface area contributed by atoms with Crippen molar-refractivity contribution in [3.05, 3.63) is 71.8 Å². The van der Waals surface area contributed by atoms with Crippen LogP contribution in [0.4, 0.5) is 4.79 Å². The number of nitrogens with one attached hydrogen (secondary N) is 2. The third kappa shape index (κ3) is 8.22. The Morgan fingerprint density at radius 3 is 2.46 bits per heavy atom. The van der Waals surface area contributed by atoms with Crippen LogP contribution in [0.2, 0.25) is 0 Å². The molecule has 2 aromatic carbocycles. The van der Waals surface area contributed by atoms with Crippen molar-refractivity contribution < 1.29 is 14.3 Å².